The molecule has 0 aliphatic rings. The van der Waals surface area contributed by atoms with Crippen LogP contribution >= 0.6 is 0 Å². The minimum atomic E-state index is -0.822. The Morgan fingerprint density at radius 1 is 1.47 bits per heavy atom. The smallest absolute Gasteiger partial charge is 0.172 e. The van der Waals surface area contributed by atoms with E-state index >= 15 is 0 Å². The van der Waals surface area contributed by atoms with Gasteiger partial charge < -0.3 is 20.1 Å². The number of methoxy groups -OCH3 is 1. The second-order valence-corrected chi connectivity index (χ2v) is 3.29. The standard InChI is InChI=1S/C10H13FO4/c1-5(12)3-6-9(11)8(15-2)4-7(13)10(6)14/h4-5,12-14H,3H2,1-2H3. The highest BCUT2D eigenvalue weighted by Crippen LogP contribution is 2.37. The maximum atomic E-state index is 13.6. The fourth-order valence-corrected chi connectivity index (χ4v) is 1.29. The molecule has 84 valence electrons. The van der Waals surface area contributed by atoms with Gasteiger partial charge in [-0.25, -0.2) is 4.39 Å². The van der Waals surface area contributed by atoms with Crippen LogP contribution in [0.5, 0.6) is 17.2 Å². The van der Waals surface area contributed by atoms with Crippen molar-refractivity contribution in [2.24, 2.45) is 0 Å². The molecule has 0 bridgehead atoms. The van der Waals surface area contributed by atoms with Crippen molar-refractivity contribution in [3.8, 4) is 17.2 Å². The SMILES string of the molecule is COc1cc(O)c(O)c(CC(C)O)c1F. The molecule has 0 aliphatic heterocycles. The lowest BCUT2D eigenvalue weighted by atomic mass is 10.1. The average molecular weight is 216 g/mol. The number of halogens is 1. The molecule has 1 unspecified atom stereocenters. The Bertz CT molecular complexity index is 363. The molecule has 5 heteroatoms. The van der Waals surface area contributed by atoms with E-state index in [1.807, 2.05) is 0 Å². The Balaban J connectivity index is 3.27. The lowest BCUT2D eigenvalue weighted by molar-refractivity contribution is 0.192. The monoisotopic (exact) mass is 216 g/mol. The van der Waals surface area contributed by atoms with Crippen LogP contribution in [0.15, 0.2) is 6.07 Å². The van der Waals surface area contributed by atoms with Gasteiger partial charge in [0, 0.05) is 18.1 Å². The Kier molecular flexibility index (Phi) is 3.36. The van der Waals surface area contributed by atoms with E-state index in [0.29, 0.717) is 0 Å². The van der Waals surface area contributed by atoms with E-state index in [2.05, 4.69) is 4.74 Å². The molecule has 15 heavy (non-hydrogen) atoms. The van der Waals surface area contributed by atoms with Crippen molar-refractivity contribution in [2.45, 2.75) is 19.4 Å². The average Bonchev–Trinajstić information content (AvgIpc) is 2.18. The van der Waals surface area contributed by atoms with E-state index in [0.717, 1.165) is 6.07 Å². The lowest BCUT2D eigenvalue weighted by Crippen LogP contribution is -2.07. The number of aliphatic hydroxyl groups excluding tert-OH is 1. The van der Waals surface area contributed by atoms with Crippen LogP contribution in [0.3, 0.4) is 0 Å². The predicted molar refractivity (Wildman–Crippen MR) is 51.7 cm³/mol. The first kappa shape index (κ1) is 11.6. The van der Waals surface area contributed by atoms with Gasteiger partial charge in [0.2, 0.25) is 0 Å². The number of benzene rings is 1. The summed E-state index contributed by atoms with van der Waals surface area (Å²) in [7, 11) is 1.25. The molecule has 1 rings (SSSR count). The zero-order chi connectivity index (χ0) is 11.6. The highest BCUT2D eigenvalue weighted by atomic mass is 19.1. The molecule has 0 saturated carbocycles. The van der Waals surface area contributed by atoms with E-state index in [4.69, 9.17) is 5.11 Å². The van der Waals surface area contributed by atoms with Crippen LogP contribution in [-0.4, -0.2) is 28.5 Å². The Labute approximate surface area is 86.6 Å². The first-order valence-electron chi connectivity index (χ1n) is 4.42. The van der Waals surface area contributed by atoms with Gasteiger partial charge in [-0.3, -0.25) is 0 Å². The summed E-state index contributed by atoms with van der Waals surface area (Å²) in [5, 5.41) is 27.8. The molecular weight excluding hydrogens is 203 g/mol. The van der Waals surface area contributed by atoms with Crippen LogP contribution in [0.4, 0.5) is 4.39 Å². The molecule has 0 aliphatic carbocycles. The van der Waals surface area contributed by atoms with Gasteiger partial charge in [-0.15, -0.1) is 0 Å². The fourth-order valence-electron chi connectivity index (χ4n) is 1.29. The van der Waals surface area contributed by atoms with Crippen molar-refractivity contribution in [3.63, 3.8) is 0 Å². The molecule has 0 amide bonds. The number of ether oxygens (including phenoxy) is 1. The zero-order valence-corrected chi connectivity index (χ0v) is 8.49. The second kappa shape index (κ2) is 4.35. The summed E-state index contributed by atoms with van der Waals surface area (Å²) in [6, 6.07) is 0.982. The van der Waals surface area contributed by atoms with Gasteiger partial charge in [0.1, 0.15) is 0 Å². The third-order valence-electron chi connectivity index (χ3n) is 2.00. The number of aromatic hydroxyl groups is 2. The predicted octanol–water partition coefficient (Wildman–Crippen LogP) is 1.17. The van der Waals surface area contributed by atoms with Crippen molar-refractivity contribution in [1.82, 2.24) is 0 Å². The van der Waals surface area contributed by atoms with E-state index in [1.165, 1.54) is 14.0 Å². The molecule has 1 aromatic carbocycles. The molecule has 1 aromatic rings. The van der Waals surface area contributed by atoms with Gasteiger partial charge in [-0.05, 0) is 6.92 Å². The fraction of sp³-hybridized carbons (Fsp3) is 0.400. The molecule has 4 nitrogen and oxygen atoms in total. The Morgan fingerprint density at radius 2 is 2.07 bits per heavy atom. The van der Waals surface area contributed by atoms with Gasteiger partial charge in [-0.1, -0.05) is 0 Å². The molecule has 0 radical (unpaired) electrons. The van der Waals surface area contributed by atoms with Gasteiger partial charge >= 0.3 is 0 Å². The largest absolute Gasteiger partial charge is 0.504 e. The minimum absolute atomic E-state index is 0.0948. The number of phenols is 2. The summed E-state index contributed by atoms with van der Waals surface area (Å²) in [6.45, 7) is 1.45. The maximum Gasteiger partial charge on any atom is 0.172 e. The number of hydrogen-bond acceptors (Lipinski definition) is 4. The first-order chi connectivity index (χ1) is 6.97. The number of phenolic OH excluding ortho intramolecular Hbond substituents is 2. The molecule has 0 heterocycles. The Hall–Kier alpha value is -1.49. The topological polar surface area (TPSA) is 69.9 Å². The van der Waals surface area contributed by atoms with E-state index < -0.39 is 23.4 Å². The van der Waals surface area contributed by atoms with E-state index in [9.17, 15) is 14.6 Å². The van der Waals surface area contributed by atoms with Crippen LogP contribution in [0, 0.1) is 5.82 Å². The molecule has 0 spiro atoms. The van der Waals surface area contributed by atoms with Gasteiger partial charge in [0.15, 0.2) is 23.1 Å². The van der Waals surface area contributed by atoms with E-state index in [1.54, 1.807) is 0 Å². The molecular formula is C10H13FO4. The maximum absolute atomic E-state index is 13.6. The van der Waals surface area contributed by atoms with Crippen molar-refractivity contribution in [3.05, 3.63) is 17.4 Å². The first-order valence-corrected chi connectivity index (χ1v) is 4.42. The summed E-state index contributed by atoms with van der Waals surface area (Å²) in [4.78, 5) is 0. The van der Waals surface area contributed by atoms with Crippen LogP contribution in [-0.2, 0) is 6.42 Å². The quantitative estimate of drug-likeness (QED) is 0.663. The third-order valence-corrected chi connectivity index (χ3v) is 2.00. The van der Waals surface area contributed by atoms with Gasteiger partial charge in [0.25, 0.3) is 0 Å². The van der Waals surface area contributed by atoms with Crippen molar-refractivity contribution in [2.75, 3.05) is 7.11 Å². The molecule has 1 atom stereocenters. The highest BCUT2D eigenvalue weighted by molar-refractivity contribution is 5.51. The van der Waals surface area contributed by atoms with Crippen molar-refractivity contribution in [1.29, 1.82) is 0 Å². The van der Waals surface area contributed by atoms with Gasteiger partial charge in [-0.2, -0.15) is 0 Å². The van der Waals surface area contributed by atoms with Gasteiger partial charge in [0.05, 0.1) is 13.2 Å². The molecule has 0 fully saturated rings. The summed E-state index contributed by atoms with van der Waals surface area (Å²) < 4.78 is 18.2. The molecule has 0 saturated heterocycles. The van der Waals surface area contributed by atoms with Crippen LogP contribution in [0.25, 0.3) is 0 Å². The number of rotatable bonds is 3. The van der Waals surface area contributed by atoms with Crippen molar-refractivity contribution >= 4 is 0 Å². The minimum Gasteiger partial charge on any atom is -0.504 e. The van der Waals surface area contributed by atoms with Crippen molar-refractivity contribution < 1.29 is 24.4 Å². The summed E-state index contributed by atoms with van der Waals surface area (Å²) in [6.07, 6.45) is -0.917. The summed E-state index contributed by atoms with van der Waals surface area (Å²) in [5.41, 5.74) is -0.151. The van der Waals surface area contributed by atoms with Crippen LogP contribution < -0.4 is 4.74 Å². The molecule has 0 aromatic heterocycles. The zero-order valence-electron chi connectivity index (χ0n) is 8.49. The lowest BCUT2D eigenvalue weighted by Gasteiger charge is -2.12. The van der Waals surface area contributed by atoms with Crippen LogP contribution in [0.1, 0.15) is 12.5 Å². The summed E-state index contributed by atoms with van der Waals surface area (Å²) in [5.74, 6) is -1.97. The number of aliphatic hydroxyl groups is 1. The molecule has 3 N–H and O–H groups in total. The third kappa shape index (κ3) is 2.30. The normalized spacial score (nSPS) is 12.5. The number of hydrogen-bond donors (Lipinski definition) is 3. The van der Waals surface area contributed by atoms with Crippen LogP contribution in [0.2, 0.25) is 0 Å². The van der Waals surface area contributed by atoms with E-state index in [-0.39, 0.29) is 17.7 Å². The highest BCUT2D eigenvalue weighted by Gasteiger charge is 2.19. The Morgan fingerprint density at radius 3 is 2.53 bits per heavy atom. The second-order valence-electron chi connectivity index (χ2n) is 3.29. The summed E-state index contributed by atoms with van der Waals surface area (Å²) >= 11 is 0.